The average Bonchev–Trinajstić information content (AvgIpc) is 3.07. The van der Waals surface area contributed by atoms with Crippen molar-refractivity contribution in [2.75, 3.05) is 26.6 Å². The van der Waals surface area contributed by atoms with E-state index < -0.39 is 0 Å². The number of methoxy groups -OCH3 is 3. The van der Waals surface area contributed by atoms with Crippen LogP contribution in [0.2, 0.25) is 5.02 Å². The molecule has 1 N–H and O–H groups in total. The first-order valence-corrected chi connectivity index (χ1v) is 8.72. The first kappa shape index (κ1) is 19.1. The van der Waals surface area contributed by atoms with Crippen LogP contribution in [0.5, 0.6) is 17.2 Å². The molecule has 0 unspecified atom stereocenters. The number of halogens is 1. The zero-order chi connectivity index (χ0) is 19.4. The number of hydrogen-bond acceptors (Lipinski definition) is 7. The van der Waals surface area contributed by atoms with Gasteiger partial charge in [0.05, 0.1) is 21.3 Å². The Labute approximate surface area is 166 Å². The Hall–Kier alpha value is -2.71. The van der Waals surface area contributed by atoms with Crippen LogP contribution >= 0.6 is 23.8 Å². The fourth-order valence-corrected chi connectivity index (χ4v) is 2.77. The van der Waals surface area contributed by atoms with E-state index in [0.29, 0.717) is 40.4 Å². The number of aromatic nitrogens is 2. The predicted molar refractivity (Wildman–Crippen MR) is 105 cm³/mol. The number of nitrogens with zero attached hydrogens (tertiary/aromatic N) is 2. The zero-order valence-electron chi connectivity index (χ0n) is 15.0. The van der Waals surface area contributed by atoms with Crippen LogP contribution in [0.3, 0.4) is 0 Å². The van der Waals surface area contributed by atoms with E-state index in [1.165, 1.54) is 0 Å². The van der Waals surface area contributed by atoms with Gasteiger partial charge in [-0.1, -0.05) is 11.6 Å². The molecule has 0 atom stereocenters. The molecule has 3 rings (SSSR count). The molecule has 0 aliphatic carbocycles. The minimum absolute atomic E-state index is 0.236. The Balaban J connectivity index is 1.87. The van der Waals surface area contributed by atoms with Gasteiger partial charge in [-0.15, -0.1) is 5.10 Å². The Kier molecular flexibility index (Phi) is 5.88. The lowest BCUT2D eigenvalue weighted by atomic mass is 10.2. The summed E-state index contributed by atoms with van der Waals surface area (Å²) in [6.07, 6.45) is 0. The molecule has 27 heavy (non-hydrogen) atoms. The zero-order valence-corrected chi connectivity index (χ0v) is 16.6. The topological polar surface area (TPSA) is 70.7 Å². The van der Waals surface area contributed by atoms with Gasteiger partial charge in [0.2, 0.25) is 11.6 Å². The second kappa shape index (κ2) is 8.32. The van der Waals surface area contributed by atoms with Gasteiger partial charge in [-0.3, -0.25) is 0 Å². The minimum atomic E-state index is 0.236. The largest absolute Gasteiger partial charge is 0.493 e. The molecular formula is C18H18ClN3O4S. The highest BCUT2D eigenvalue weighted by atomic mass is 35.5. The smallest absolute Gasteiger partial charge is 0.289 e. The third-order valence-corrected chi connectivity index (χ3v) is 4.34. The summed E-state index contributed by atoms with van der Waals surface area (Å²) in [6.45, 7) is 0.342. The van der Waals surface area contributed by atoms with Crippen LogP contribution in [-0.4, -0.2) is 31.1 Å². The molecule has 0 saturated carbocycles. The SMILES string of the molecule is COc1cc(-c2nn(CNc3ccc(Cl)cc3)c(=S)o2)cc(OC)c1OC. The summed E-state index contributed by atoms with van der Waals surface area (Å²) in [7, 11) is 4.64. The van der Waals surface area contributed by atoms with Crippen molar-refractivity contribution in [1.82, 2.24) is 9.78 Å². The van der Waals surface area contributed by atoms with Crippen molar-refractivity contribution in [2.45, 2.75) is 6.67 Å². The van der Waals surface area contributed by atoms with Crippen molar-refractivity contribution in [2.24, 2.45) is 0 Å². The van der Waals surface area contributed by atoms with E-state index >= 15 is 0 Å². The van der Waals surface area contributed by atoms with Crippen LogP contribution in [-0.2, 0) is 6.67 Å². The Morgan fingerprint density at radius 1 is 1.07 bits per heavy atom. The highest BCUT2D eigenvalue weighted by Crippen LogP contribution is 2.40. The molecule has 0 saturated heterocycles. The molecule has 3 aromatic rings. The molecule has 0 amide bonds. The normalized spacial score (nSPS) is 10.5. The molecule has 0 aliphatic rings. The Morgan fingerprint density at radius 3 is 2.26 bits per heavy atom. The molecular weight excluding hydrogens is 390 g/mol. The molecule has 0 fully saturated rings. The van der Waals surface area contributed by atoms with Crippen LogP contribution in [0, 0.1) is 4.84 Å². The molecule has 1 aromatic heterocycles. The maximum atomic E-state index is 5.89. The van der Waals surface area contributed by atoms with Crippen molar-refractivity contribution < 1.29 is 18.6 Å². The second-order valence-electron chi connectivity index (χ2n) is 5.43. The van der Waals surface area contributed by atoms with Crippen molar-refractivity contribution in [3.05, 3.63) is 46.3 Å². The average molecular weight is 408 g/mol. The summed E-state index contributed by atoms with van der Waals surface area (Å²) in [5, 5.41) is 8.30. The number of benzene rings is 2. The van der Waals surface area contributed by atoms with E-state index in [-0.39, 0.29) is 4.84 Å². The molecule has 0 spiro atoms. The van der Waals surface area contributed by atoms with Crippen LogP contribution < -0.4 is 19.5 Å². The monoisotopic (exact) mass is 407 g/mol. The first-order valence-electron chi connectivity index (χ1n) is 7.93. The molecule has 0 bridgehead atoms. The fraction of sp³-hybridized carbons (Fsp3) is 0.222. The van der Waals surface area contributed by atoms with Gasteiger partial charge in [-0.25, -0.2) is 4.68 Å². The van der Waals surface area contributed by atoms with E-state index in [0.717, 1.165) is 5.69 Å². The van der Waals surface area contributed by atoms with Gasteiger partial charge in [0.25, 0.3) is 4.84 Å². The number of ether oxygens (including phenoxy) is 3. The highest BCUT2D eigenvalue weighted by molar-refractivity contribution is 7.71. The molecule has 0 radical (unpaired) electrons. The van der Waals surface area contributed by atoms with Gasteiger partial charge < -0.3 is 23.9 Å². The molecule has 0 aliphatic heterocycles. The lowest BCUT2D eigenvalue weighted by molar-refractivity contribution is 0.324. The summed E-state index contributed by atoms with van der Waals surface area (Å²) < 4.78 is 23.2. The van der Waals surface area contributed by atoms with E-state index in [2.05, 4.69) is 10.4 Å². The summed E-state index contributed by atoms with van der Waals surface area (Å²) >= 11 is 11.2. The van der Waals surface area contributed by atoms with Crippen LogP contribution in [0.15, 0.2) is 40.8 Å². The summed E-state index contributed by atoms with van der Waals surface area (Å²) in [4.78, 5) is 0.236. The summed E-state index contributed by atoms with van der Waals surface area (Å²) in [5.41, 5.74) is 1.54. The van der Waals surface area contributed by atoms with Crippen LogP contribution in [0.25, 0.3) is 11.5 Å². The standard InChI is InChI=1S/C18H18ClN3O4S/c1-23-14-8-11(9-15(24-2)16(14)25-3)17-21-22(18(27)26-17)10-20-13-6-4-12(19)5-7-13/h4-9,20H,10H2,1-3H3. The van der Waals surface area contributed by atoms with Gasteiger partial charge in [0.1, 0.15) is 6.67 Å². The quantitative estimate of drug-likeness (QED) is 0.573. The van der Waals surface area contributed by atoms with Crippen LogP contribution in [0.1, 0.15) is 0 Å². The Morgan fingerprint density at radius 2 is 1.70 bits per heavy atom. The molecule has 1 heterocycles. The van der Waals surface area contributed by atoms with Gasteiger partial charge in [-0.2, -0.15) is 0 Å². The molecule has 2 aromatic carbocycles. The number of nitrogens with one attached hydrogen (secondary N) is 1. The van der Waals surface area contributed by atoms with Gasteiger partial charge in [-0.05, 0) is 48.6 Å². The van der Waals surface area contributed by atoms with E-state index in [1.54, 1.807) is 50.3 Å². The fourth-order valence-electron chi connectivity index (χ4n) is 2.46. The van der Waals surface area contributed by atoms with Crippen molar-refractivity contribution in [3.63, 3.8) is 0 Å². The molecule has 7 nitrogen and oxygen atoms in total. The maximum Gasteiger partial charge on any atom is 0.289 e. The first-order chi connectivity index (χ1) is 13.0. The predicted octanol–water partition coefficient (Wildman–Crippen LogP) is 4.62. The number of anilines is 1. The van der Waals surface area contributed by atoms with Gasteiger partial charge in [0.15, 0.2) is 11.5 Å². The van der Waals surface area contributed by atoms with Crippen LogP contribution in [0.4, 0.5) is 5.69 Å². The lowest BCUT2D eigenvalue weighted by Crippen LogP contribution is -2.09. The minimum Gasteiger partial charge on any atom is -0.493 e. The highest BCUT2D eigenvalue weighted by Gasteiger charge is 2.17. The third-order valence-electron chi connectivity index (χ3n) is 3.80. The number of rotatable bonds is 7. The summed E-state index contributed by atoms with van der Waals surface area (Å²) in [5.74, 6) is 1.84. The van der Waals surface area contributed by atoms with Gasteiger partial charge >= 0.3 is 0 Å². The molecule has 142 valence electrons. The van der Waals surface area contributed by atoms with E-state index in [9.17, 15) is 0 Å². The second-order valence-corrected chi connectivity index (χ2v) is 6.21. The van der Waals surface area contributed by atoms with Crippen molar-refractivity contribution in [3.8, 4) is 28.7 Å². The Bertz CT molecular complexity index is 960. The third kappa shape index (κ3) is 4.17. The molecule has 9 heteroatoms. The van der Waals surface area contributed by atoms with Gasteiger partial charge in [0, 0.05) is 16.3 Å². The lowest BCUT2D eigenvalue weighted by Gasteiger charge is -2.12. The van der Waals surface area contributed by atoms with Crippen molar-refractivity contribution in [1.29, 1.82) is 0 Å². The van der Waals surface area contributed by atoms with Crippen molar-refractivity contribution >= 4 is 29.5 Å². The maximum absolute atomic E-state index is 5.89. The van der Waals surface area contributed by atoms with E-state index in [4.69, 9.17) is 42.4 Å². The summed E-state index contributed by atoms with van der Waals surface area (Å²) in [6, 6.07) is 10.8. The van der Waals surface area contributed by atoms with E-state index in [1.807, 2.05) is 12.1 Å². The number of hydrogen-bond donors (Lipinski definition) is 1.